The molecule has 7 nitrogen and oxygen atoms in total. The molecule has 0 bridgehead atoms. The summed E-state index contributed by atoms with van der Waals surface area (Å²) in [6.07, 6.45) is 4.99. The summed E-state index contributed by atoms with van der Waals surface area (Å²) in [4.78, 5) is 17.3. The molecule has 0 unspecified atom stereocenters. The number of hydrogen-bond donors (Lipinski definition) is 2. The van der Waals surface area contributed by atoms with Gasteiger partial charge in [-0.25, -0.2) is 22.5 Å². The van der Waals surface area contributed by atoms with E-state index in [-0.39, 0.29) is 22.3 Å². The summed E-state index contributed by atoms with van der Waals surface area (Å²) in [5, 5.41) is 2.88. The highest BCUT2D eigenvalue weighted by atomic mass is 32.2. The van der Waals surface area contributed by atoms with Crippen LogP contribution in [0.3, 0.4) is 0 Å². The fourth-order valence-electron chi connectivity index (χ4n) is 3.12. The fourth-order valence-corrected chi connectivity index (χ4v) is 4.47. The molecule has 9 heteroatoms. The van der Waals surface area contributed by atoms with Crippen LogP contribution >= 0.6 is 0 Å². The van der Waals surface area contributed by atoms with E-state index < -0.39 is 22.0 Å². The molecule has 1 fully saturated rings. The summed E-state index contributed by atoms with van der Waals surface area (Å²) < 4.78 is 42.7. The van der Waals surface area contributed by atoms with E-state index in [1.807, 2.05) is 0 Å². The summed E-state index contributed by atoms with van der Waals surface area (Å²) in [5.41, 5.74) is 0.855. The first-order chi connectivity index (χ1) is 14.3. The Morgan fingerprint density at radius 1 is 1.20 bits per heavy atom. The third kappa shape index (κ3) is 4.42. The molecule has 30 heavy (non-hydrogen) atoms. The maximum Gasteiger partial charge on any atom is 0.252 e. The Morgan fingerprint density at radius 3 is 2.57 bits per heavy atom. The van der Waals surface area contributed by atoms with Crippen molar-refractivity contribution < 1.29 is 17.6 Å². The molecule has 1 heterocycles. The number of halogens is 1. The van der Waals surface area contributed by atoms with Gasteiger partial charge in [0.05, 0.1) is 4.90 Å². The molecule has 0 aliphatic heterocycles. The molecule has 2 aromatic carbocycles. The molecule has 1 aromatic heterocycles. The van der Waals surface area contributed by atoms with Gasteiger partial charge in [-0.2, -0.15) is 0 Å². The fraction of sp³-hybridized carbons (Fsp3) is 0.238. The highest BCUT2D eigenvalue weighted by Crippen LogP contribution is 2.24. The van der Waals surface area contributed by atoms with Crippen LogP contribution in [0.1, 0.15) is 40.6 Å². The lowest BCUT2D eigenvalue weighted by atomic mass is 10.1. The number of aryl methyl sites for hydroxylation is 1. The van der Waals surface area contributed by atoms with E-state index in [1.165, 1.54) is 30.3 Å². The van der Waals surface area contributed by atoms with Crippen LogP contribution in [0.15, 0.2) is 65.8 Å². The number of amides is 1. The largest absolute Gasteiger partial charge is 0.338 e. The van der Waals surface area contributed by atoms with Crippen molar-refractivity contribution in [1.29, 1.82) is 0 Å². The average Bonchev–Trinajstić information content (AvgIpc) is 3.43. The monoisotopic (exact) mass is 428 g/mol. The molecule has 1 atom stereocenters. The molecular formula is C21H21FN4O3S. The topological polar surface area (TPSA) is 93.1 Å². The zero-order valence-electron chi connectivity index (χ0n) is 16.2. The molecule has 0 radical (unpaired) electrons. The maximum absolute atomic E-state index is 13.4. The van der Waals surface area contributed by atoms with Gasteiger partial charge in [0.15, 0.2) is 0 Å². The molecule has 156 valence electrons. The normalized spacial score (nSPS) is 15.0. The number of benzene rings is 2. The summed E-state index contributed by atoms with van der Waals surface area (Å²) in [6.45, 7) is 0. The standard InChI is InChI=1S/C21H21FN4O3S/c1-26-12-11-23-20(26)19(14-5-7-16(22)8-6-14)24-21(27)15-3-2-4-18(13-15)30(28,29)25-17-9-10-17/h2-8,11-13,17,19,25H,9-10H2,1H3,(H,24,27)/t19-/m1/s1. The van der Waals surface area contributed by atoms with Crippen molar-refractivity contribution in [1.82, 2.24) is 19.6 Å². The molecular weight excluding hydrogens is 407 g/mol. The summed E-state index contributed by atoms with van der Waals surface area (Å²) in [6, 6.07) is 11.0. The Bertz CT molecular complexity index is 1170. The number of rotatable bonds is 7. The number of nitrogens with zero attached hydrogens (tertiary/aromatic N) is 2. The lowest BCUT2D eigenvalue weighted by Crippen LogP contribution is -2.31. The van der Waals surface area contributed by atoms with Gasteiger partial charge in [0.1, 0.15) is 17.7 Å². The van der Waals surface area contributed by atoms with Crippen molar-refractivity contribution in [3.05, 3.63) is 83.7 Å². The van der Waals surface area contributed by atoms with Gasteiger partial charge in [0, 0.05) is 31.0 Å². The Balaban J connectivity index is 1.62. The summed E-state index contributed by atoms with van der Waals surface area (Å²) >= 11 is 0. The lowest BCUT2D eigenvalue weighted by Gasteiger charge is -2.19. The van der Waals surface area contributed by atoms with Crippen molar-refractivity contribution >= 4 is 15.9 Å². The van der Waals surface area contributed by atoms with Crippen molar-refractivity contribution in [3.63, 3.8) is 0 Å². The van der Waals surface area contributed by atoms with Crippen LogP contribution < -0.4 is 10.0 Å². The number of carbonyl (C=O) groups excluding carboxylic acids is 1. The second kappa shape index (κ2) is 8.00. The molecule has 1 aliphatic rings. The van der Waals surface area contributed by atoms with Gasteiger partial charge in [-0.05, 0) is 48.7 Å². The van der Waals surface area contributed by atoms with Crippen LogP contribution in [0, 0.1) is 5.82 Å². The SMILES string of the molecule is Cn1ccnc1[C@H](NC(=O)c1cccc(S(=O)(=O)NC2CC2)c1)c1ccc(F)cc1. The summed E-state index contributed by atoms with van der Waals surface area (Å²) in [7, 11) is -1.88. The van der Waals surface area contributed by atoms with E-state index in [0.29, 0.717) is 11.4 Å². The molecule has 0 saturated heterocycles. The number of imidazole rings is 1. The van der Waals surface area contributed by atoms with E-state index in [4.69, 9.17) is 0 Å². The van der Waals surface area contributed by atoms with Gasteiger partial charge in [-0.15, -0.1) is 0 Å². The predicted molar refractivity (Wildman–Crippen MR) is 109 cm³/mol. The number of hydrogen-bond acceptors (Lipinski definition) is 4. The van der Waals surface area contributed by atoms with Gasteiger partial charge in [0.25, 0.3) is 5.91 Å². The van der Waals surface area contributed by atoms with Crippen molar-refractivity contribution in [2.45, 2.75) is 29.8 Å². The second-order valence-corrected chi connectivity index (χ2v) is 8.99. The lowest BCUT2D eigenvalue weighted by molar-refractivity contribution is 0.0941. The third-order valence-corrected chi connectivity index (χ3v) is 6.42. The van der Waals surface area contributed by atoms with Gasteiger partial charge in [-0.3, -0.25) is 4.79 Å². The molecule has 1 amide bonds. The molecule has 1 saturated carbocycles. The van der Waals surface area contributed by atoms with Crippen LogP contribution in [0.25, 0.3) is 0 Å². The minimum absolute atomic E-state index is 0.0289. The minimum atomic E-state index is -3.68. The van der Waals surface area contributed by atoms with Crippen molar-refractivity contribution in [2.75, 3.05) is 0 Å². The Labute approximate surface area is 174 Å². The zero-order valence-corrected chi connectivity index (χ0v) is 17.1. The van der Waals surface area contributed by atoms with E-state index in [0.717, 1.165) is 12.8 Å². The average molecular weight is 428 g/mol. The first kappa shape index (κ1) is 20.2. The van der Waals surface area contributed by atoms with Gasteiger partial charge < -0.3 is 9.88 Å². The van der Waals surface area contributed by atoms with Crippen molar-refractivity contribution in [3.8, 4) is 0 Å². The van der Waals surface area contributed by atoms with Gasteiger partial charge in [0.2, 0.25) is 10.0 Å². The Morgan fingerprint density at radius 2 is 1.93 bits per heavy atom. The molecule has 3 aromatic rings. The van der Waals surface area contributed by atoms with Crippen LogP contribution in [0.2, 0.25) is 0 Å². The summed E-state index contributed by atoms with van der Waals surface area (Å²) in [5.74, 6) is -0.283. The Hall–Kier alpha value is -3.04. The molecule has 4 rings (SSSR count). The number of carbonyl (C=O) groups is 1. The van der Waals surface area contributed by atoms with Crippen LogP contribution in [0.4, 0.5) is 4.39 Å². The van der Waals surface area contributed by atoms with Crippen LogP contribution in [-0.2, 0) is 17.1 Å². The Kier molecular flexibility index (Phi) is 5.40. The number of nitrogens with one attached hydrogen (secondary N) is 2. The predicted octanol–water partition coefficient (Wildman–Crippen LogP) is 2.52. The van der Waals surface area contributed by atoms with Gasteiger partial charge in [-0.1, -0.05) is 18.2 Å². The second-order valence-electron chi connectivity index (χ2n) is 7.28. The molecule has 1 aliphatic carbocycles. The first-order valence-electron chi connectivity index (χ1n) is 9.49. The minimum Gasteiger partial charge on any atom is -0.338 e. The molecule has 0 spiro atoms. The van der Waals surface area contributed by atoms with E-state index >= 15 is 0 Å². The smallest absolute Gasteiger partial charge is 0.252 e. The van der Waals surface area contributed by atoms with E-state index in [2.05, 4.69) is 15.0 Å². The maximum atomic E-state index is 13.4. The van der Waals surface area contributed by atoms with Crippen LogP contribution in [0.5, 0.6) is 0 Å². The molecule has 2 N–H and O–H groups in total. The van der Waals surface area contributed by atoms with Gasteiger partial charge >= 0.3 is 0 Å². The highest BCUT2D eigenvalue weighted by molar-refractivity contribution is 7.89. The zero-order chi connectivity index (χ0) is 21.3. The van der Waals surface area contributed by atoms with Crippen LogP contribution in [-0.4, -0.2) is 29.9 Å². The quantitative estimate of drug-likeness (QED) is 0.605. The first-order valence-corrected chi connectivity index (χ1v) is 11.0. The van der Waals surface area contributed by atoms with E-state index in [1.54, 1.807) is 42.2 Å². The number of aromatic nitrogens is 2. The third-order valence-electron chi connectivity index (χ3n) is 4.90. The van der Waals surface area contributed by atoms with Crippen molar-refractivity contribution in [2.24, 2.45) is 7.05 Å². The number of sulfonamides is 1. The highest BCUT2D eigenvalue weighted by Gasteiger charge is 2.28. The van der Waals surface area contributed by atoms with E-state index in [9.17, 15) is 17.6 Å².